The molecular formula is C56H42N2O. The highest BCUT2D eigenvalue weighted by atomic mass is 16.1. The molecule has 10 aromatic rings. The van der Waals surface area contributed by atoms with Crippen LogP contribution in [0.5, 0.6) is 0 Å². The quantitative estimate of drug-likeness (QED) is 0.176. The summed E-state index contributed by atoms with van der Waals surface area (Å²) in [6.07, 6.45) is 0. The number of aryl methyl sites for hydroxylation is 1. The van der Waals surface area contributed by atoms with Gasteiger partial charge in [0.05, 0.1) is 22.1 Å². The minimum absolute atomic E-state index is 0.0741. The van der Waals surface area contributed by atoms with E-state index in [0.29, 0.717) is 0 Å². The van der Waals surface area contributed by atoms with Crippen LogP contribution in [0.1, 0.15) is 71.4 Å². The molecule has 0 amide bonds. The van der Waals surface area contributed by atoms with Crippen molar-refractivity contribution in [3.63, 3.8) is 0 Å². The summed E-state index contributed by atoms with van der Waals surface area (Å²) in [7, 11) is 0. The Labute approximate surface area is 343 Å². The number of rotatable bonds is 3. The maximum Gasteiger partial charge on any atom is 0.193 e. The Bertz CT molecular complexity index is 3420. The molecule has 0 saturated carbocycles. The molecule has 0 saturated heterocycles. The van der Waals surface area contributed by atoms with E-state index in [1.54, 1.807) is 0 Å². The molecular weight excluding hydrogens is 717 g/mol. The highest BCUT2D eigenvalue weighted by Gasteiger charge is 2.39. The average molecular weight is 759 g/mol. The Hall–Kier alpha value is -6.97. The maximum absolute atomic E-state index is 14.8. The van der Waals surface area contributed by atoms with Gasteiger partial charge in [0.2, 0.25) is 0 Å². The van der Waals surface area contributed by atoms with Crippen LogP contribution < -0.4 is 0 Å². The van der Waals surface area contributed by atoms with Gasteiger partial charge in [-0.1, -0.05) is 143 Å². The molecule has 0 aliphatic heterocycles. The van der Waals surface area contributed by atoms with Gasteiger partial charge in [0, 0.05) is 54.9 Å². The summed E-state index contributed by atoms with van der Waals surface area (Å²) >= 11 is 0. The number of carbonyl (C=O) groups excluding carboxylic acids is 1. The fraction of sp³-hybridized carbons (Fsp3) is 0.125. The molecule has 0 fully saturated rings. The van der Waals surface area contributed by atoms with Crippen LogP contribution in [-0.4, -0.2) is 14.9 Å². The molecule has 0 spiro atoms. The highest BCUT2D eigenvalue weighted by molar-refractivity contribution is 6.19. The molecule has 8 aromatic carbocycles. The first-order chi connectivity index (χ1) is 28.6. The standard InChI is InChI=1S/C56H42N2O/c1-33-14-12-20-41-52-50(29-28-47-51(52)40-19-6-9-21-44(40)56(47,4)5)58(53(33)41)36-16-13-15-34(30-36)35-24-26-45-42(31-35)54(59)43-32-37(25-27-46(43)55(45,2)3)57-48-22-10-7-17-38(48)39-18-8-11-23-49(39)57/h6-32H,1-5H3. The second kappa shape index (κ2) is 11.8. The van der Waals surface area contributed by atoms with Gasteiger partial charge in [-0.25, -0.2) is 0 Å². The molecule has 2 heterocycles. The van der Waals surface area contributed by atoms with Gasteiger partial charge in [0.25, 0.3) is 0 Å². The Morgan fingerprint density at radius 3 is 1.78 bits per heavy atom. The lowest BCUT2D eigenvalue weighted by molar-refractivity contribution is 0.103. The largest absolute Gasteiger partial charge is 0.309 e. The molecule has 3 heteroatoms. The van der Waals surface area contributed by atoms with E-state index in [-0.39, 0.29) is 16.6 Å². The Kier molecular flexibility index (Phi) is 6.82. The SMILES string of the molecule is Cc1cccc2c3c4c(ccc3n(-c3cccc(-c5ccc6c(c5)C(=O)c5cc(-n7c8ccccc8c8ccccc87)ccc5C6(C)C)c3)c12)C(C)(C)c1ccccc1-4. The molecule has 2 aliphatic carbocycles. The van der Waals surface area contributed by atoms with Gasteiger partial charge >= 0.3 is 0 Å². The van der Waals surface area contributed by atoms with Crippen LogP contribution in [0.3, 0.4) is 0 Å². The molecule has 2 aliphatic rings. The van der Waals surface area contributed by atoms with Crippen molar-refractivity contribution in [1.29, 1.82) is 0 Å². The Balaban J connectivity index is 1.00. The molecule has 3 nitrogen and oxygen atoms in total. The number of para-hydroxylation sites is 3. The van der Waals surface area contributed by atoms with Crippen LogP contribution in [-0.2, 0) is 10.8 Å². The fourth-order valence-corrected chi connectivity index (χ4v) is 11.0. The third-order valence-corrected chi connectivity index (χ3v) is 13.8. The molecule has 59 heavy (non-hydrogen) atoms. The van der Waals surface area contributed by atoms with Gasteiger partial charge in [-0.3, -0.25) is 4.79 Å². The monoisotopic (exact) mass is 758 g/mol. The second-order valence-corrected chi connectivity index (χ2v) is 17.7. The zero-order chi connectivity index (χ0) is 39.9. The topological polar surface area (TPSA) is 26.9 Å². The molecule has 0 radical (unpaired) electrons. The predicted octanol–water partition coefficient (Wildman–Crippen LogP) is 14.0. The van der Waals surface area contributed by atoms with Crippen LogP contribution in [0, 0.1) is 6.92 Å². The number of aromatic nitrogens is 2. The van der Waals surface area contributed by atoms with E-state index in [2.05, 4.69) is 208 Å². The third-order valence-electron chi connectivity index (χ3n) is 13.8. The van der Waals surface area contributed by atoms with Crippen molar-refractivity contribution in [2.24, 2.45) is 0 Å². The number of fused-ring (bicyclic) bond motifs is 12. The summed E-state index contributed by atoms with van der Waals surface area (Å²) in [5.74, 6) is 0.0741. The van der Waals surface area contributed by atoms with Crippen LogP contribution in [0.15, 0.2) is 164 Å². The van der Waals surface area contributed by atoms with Crippen LogP contribution >= 0.6 is 0 Å². The molecule has 2 aromatic heterocycles. The van der Waals surface area contributed by atoms with Gasteiger partial charge in [-0.05, 0) is 106 Å². The number of nitrogens with zero attached hydrogens (tertiary/aromatic N) is 2. The summed E-state index contributed by atoms with van der Waals surface area (Å²) < 4.78 is 4.75. The van der Waals surface area contributed by atoms with Crippen molar-refractivity contribution >= 4 is 49.4 Å². The van der Waals surface area contributed by atoms with Crippen molar-refractivity contribution in [3.05, 3.63) is 203 Å². The lowest BCUT2D eigenvalue weighted by atomic mass is 9.68. The fourth-order valence-electron chi connectivity index (χ4n) is 11.0. The van der Waals surface area contributed by atoms with Gasteiger partial charge < -0.3 is 9.13 Å². The zero-order valence-electron chi connectivity index (χ0n) is 33.9. The molecule has 0 atom stereocenters. The number of hydrogen-bond donors (Lipinski definition) is 0. The van der Waals surface area contributed by atoms with Gasteiger partial charge in [-0.2, -0.15) is 0 Å². The van der Waals surface area contributed by atoms with Gasteiger partial charge in [0.15, 0.2) is 5.78 Å². The number of carbonyl (C=O) groups is 1. The van der Waals surface area contributed by atoms with Crippen molar-refractivity contribution in [2.45, 2.75) is 45.4 Å². The first-order valence-corrected chi connectivity index (χ1v) is 20.7. The van der Waals surface area contributed by atoms with Crippen molar-refractivity contribution in [2.75, 3.05) is 0 Å². The van der Waals surface area contributed by atoms with E-state index >= 15 is 0 Å². The van der Waals surface area contributed by atoms with Crippen LogP contribution in [0.4, 0.5) is 0 Å². The molecule has 0 unspecified atom stereocenters. The normalized spacial score (nSPS) is 14.8. The number of hydrogen-bond acceptors (Lipinski definition) is 1. The second-order valence-electron chi connectivity index (χ2n) is 17.7. The third kappa shape index (κ3) is 4.50. The summed E-state index contributed by atoms with van der Waals surface area (Å²) in [4.78, 5) is 14.8. The first-order valence-electron chi connectivity index (χ1n) is 20.7. The minimum Gasteiger partial charge on any atom is -0.309 e. The molecule has 0 N–H and O–H groups in total. The Morgan fingerprint density at radius 1 is 0.424 bits per heavy atom. The first kappa shape index (κ1) is 34.1. The number of ketones is 1. The predicted molar refractivity (Wildman–Crippen MR) is 245 cm³/mol. The zero-order valence-corrected chi connectivity index (χ0v) is 33.9. The van der Waals surface area contributed by atoms with E-state index < -0.39 is 0 Å². The lowest BCUT2D eigenvalue weighted by Crippen LogP contribution is -2.30. The van der Waals surface area contributed by atoms with Crippen molar-refractivity contribution in [1.82, 2.24) is 9.13 Å². The minimum atomic E-state index is -0.355. The summed E-state index contributed by atoms with van der Waals surface area (Å²) in [5.41, 5.74) is 18.8. The van der Waals surface area contributed by atoms with E-state index in [1.807, 2.05) is 0 Å². The van der Waals surface area contributed by atoms with E-state index in [1.165, 1.54) is 60.4 Å². The van der Waals surface area contributed by atoms with E-state index in [9.17, 15) is 4.79 Å². The van der Waals surface area contributed by atoms with E-state index in [0.717, 1.165) is 55.8 Å². The van der Waals surface area contributed by atoms with Crippen molar-refractivity contribution in [3.8, 4) is 33.6 Å². The van der Waals surface area contributed by atoms with Crippen LogP contribution in [0.2, 0.25) is 0 Å². The van der Waals surface area contributed by atoms with E-state index in [4.69, 9.17) is 0 Å². The summed E-state index contributed by atoms with van der Waals surface area (Å²) in [5, 5.41) is 5.00. The maximum atomic E-state index is 14.8. The Morgan fingerprint density at radius 2 is 1.00 bits per heavy atom. The van der Waals surface area contributed by atoms with Crippen LogP contribution in [0.25, 0.3) is 77.2 Å². The average Bonchev–Trinajstić information content (AvgIpc) is 3.86. The lowest BCUT2D eigenvalue weighted by Gasteiger charge is -2.35. The number of benzene rings is 8. The smallest absolute Gasteiger partial charge is 0.193 e. The summed E-state index contributed by atoms with van der Waals surface area (Å²) in [6, 6.07) is 59.2. The van der Waals surface area contributed by atoms with Gasteiger partial charge in [0.1, 0.15) is 0 Å². The molecule has 12 rings (SSSR count). The van der Waals surface area contributed by atoms with Crippen molar-refractivity contribution < 1.29 is 4.79 Å². The molecule has 282 valence electrons. The summed E-state index contributed by atoms with van der Waals surface area (Å²) in [6.45, 7) is 11.4. The van der Waals surface area contributed by atoms with Gasteiger partial charge in [-0.15, -0.1) is 0 Å². The highest BCUT2D eigenvalue weighted by Crippen LogP contribution is 2.53. The molecule has 0 bridgehead atoms.